The van der Waals surface area contributed by atoms with Gasteiger partial charge in [-0.05, 0) is 113 Å². The van der Waals surface area contributed by atoms with Gasteiger partial charge in [0.1, 0.15) is 34.7 Å². The third-order valence-corrected chi connectivity index (χ3v) is 13.0. The second kappa shape index (κ2) is 19.1. The van der Waals surface area contributed by atoms with Crippen LogP contribution in [0.1, 0.15) is 88.2 Å². The molecule has 0 radical (unpaired) electrons. The van der Waals surface area contributed by atoms with Crippen molar-refractivity contribution in [2.45, 2.75) is 94.7 Å². The summed E-state index contributed by atoms with van der Waals surface area (Å²) in [7, 11) is 1.85. The number of nitriles is 1. The Morgan fingerprint density at radius 1 is 1.00 bits per heavy atom. The number of piperidine rings is 2. The molecule has 5 N–H and O–H groups in total. The van der Waals surface area contributed by atoms with Crippen LogP contribution in [-0.2, 0) is 14.3 Å². The van der Waals surface area contributed by atoms with Gasteiger partial charge in [-0.1, -0.05) is 13.0 Å². The van der Waals surface area contributed by atoms with Gasteiger partial charge in [-0.2, -0.15) is 5.26 Å². The van der Waals surface area contributed by atoms with Crippen LogP contribution in [0.5, 0.6) is 0 Å². The number of nitrogens with zero attached hydrogens (tertiary/aromatic N) is 4. The molecule has 4 aromatic rings. The van der Waals surface area contributed by atoms with E-state index in [2.05, 4.69) is 35.5 Å². The minimum absolute atomic E-state index is 0.0170. The molecule has 318 valence electrons. The Morgan fingerprint density at radius 2 is 1.77 bits per heavy atom. The zero-order chi connectivity index (χ0) is 42.4. The fraction of sp³-hybridized carbons (Fsp3) is 0.465. The van der Waals surface area contributed by atoms with Crippen molar-refractivity contribution in [2.24, 2.45) is 0 Å². The monoisotopic (exact) mass is 845 g/mol. The number of fused-ring (bicyclic) bond motifs is 1. The van der Waals surface area contributed by atoms with Crippen molar-refractivity contribution in [3.63, 3.8) is 0 Å². The molecule has 17 heteroatoms. The molecular formula is C43H50F3N9O4S. The van der Waals surface area contributed by atoms with Crippen molar-refractivity contribution < 1.29 is 27.5 Å². The van der Waals surface area contributed by atoms with E-state index in [0.29, 0.717) is 30.3 Å². The number of imide groups is 1. The molecule has 1 aromatic heterocycles. The molecule has 1 spiro atoms. The summed E-state index contributed by atoms with van der Waals surface area (Å²) in [5, 5.41) is 17.3. The maximum Gasteiger partial charge on any atom is 0.261 e. The standard InChI is InChI=1S/C25H34FN3O3.C18H16F2N6OS/c26-21-16-18(27-22-8-9-23(30)28-24(22)31)4-7-20(21)17-2-5-19(6-3-17)29-13-11-25(12-14-29)10-1-15-32-25;1-3-26(2)28-25-12-5-4-11(19)17(10(12)8-21)24-14-7-6-13-15(16(14)20)18(27)23-9-22-13/h4,7,16-17,19,22,27H,1-3,5-6,8-15H2,(H,28,30,31);4-7,9,24-25H,3H2,1-2H3,(H,22,23,27). The molecule has 2 amide bonds. The number of hydrogen-bond acceptors (Lipinski definition) is 12. The molecule has 0 bridgehead atoms. The van der Waals surface area contributed by atoms with E-state index in [-0.39, 0.29) is 57.0 Å². The lowest BCUT2D eigenvalue weighted by atomic mass is 9.79. The first-order chi connectivity index (χ1) is 29.0. The van der Waals surface area contributed by atoms with Crippen LogP contribution in [0, 0.1) is 28.8 Å². The maximum absolute atomic E-state index is 15.0. The number of hydrogen-bond donors (Lipinski definition) is 5. The number of carbonyl (C=O) groups excluding carboxylic acids is 2. The average Bonchev–Trinajstić information content (AvgIpc) is 3.71. The fourth-order valence-electron chi connectivity index (χ4n) is 8.62. The molecular weight excluding hydrogens is 796 g/mol. The Balaban J connectivity index is 0.000000183. The quantitative estimate of drug-likeness (QED) is 0.0791. The predicted octanol–water partition coefficient (Wildman–Crippen LogP) is 7.46. The van der Waals surface area contributed by atoms with Gasteiger partial charge >= 0.3 is 0 Å². The summed E-state index contributed by atoms with van der Waals surface area (Å²) in [5.41, 5.74) is 1.08. The first-order valence-electron chi connectivity index (χ1n) is 20.5. The molecule has 1 unspecified atom stereocenters. The van der Waals surface area contributed by atoms with Gasteiger partial charge in [0.25, 0.3) is 5.56 Å². The smallest absolute Gasteiger partial charge is 0.261 e. The van der Waals surface area contributed by atoms with Crippen molar-refractivity contribution in [1.29, 1.82) is 5.26 Å². The minimum Gasteiger partial charge on any atom is -0.375 e. The summed E-state index contributed by atoms with van der Waals surface area (Å²) in [6.07, 6.45) is 10.9. The molecule has 3 aliphatic heterocycles. The lowest BCUT2D eigenvalue weighted by molar-refractivity contribution is -0.133. The Bertz CT molecular complexity index is 2300. The number of H-pyrrole nitrogens is 1. The van der Waals surface area contributed by atoms with Gasteiger partial charge in [-0.15, -0.1) is 0 Å². The number of carbonyl (C=O) groups is 2. The van der Waals surface area contributed by atoms with Crippen LogP contribution in [0.2, 0.25) is 0 Å². The van der Waals surface area contributed by atoms with E-state index in [1.165, 1.54) is 61.6 Å². The molecule has 60 heavy (non-hydrogen) atoms. The van der Waals surface area contributed by atoms with E-state index in [4.69, 9.17) is 4.74 Å². The SMILES string of the molecule is CCN(C)SNc1ccc(F)c(Nc2ccc3nc[nH]c(=O)c3c2F)c1C#N.O=C1CCC(Nc2ccc(C3CCC(N4CCC5(CCCO5)CC4)CC3)c(F)c2)C(=O)N1. The molecule has 8 rings (SSSR count). The van der Waals surface area contributed by atoms with Gasteiger partial charge in [-0.3, -0.25) is 19.7 Å². The van der Waals surface area contributed by atoms with Crippen molar-refractivity contribution in [2.75, 3.05) is 48.6 Å². The number of likely N-dealkylation sites (tertiary alicyclic amines) is 1. The van der Waals surface area contributed by atoms with E-state index in [9.17, 15) is 32.8 Å². The molecule has 3 saturated heterocycles. The minimum atomic E-state index is -0.881. The van der Waals surface area contributed by atoms with Crippen LogP contribution in [-0.4, -0.2) is 82.0 Å². The normalized spacial score (nSPS) is 21.6. The average molecular weight is 846 g/mol. The van der Waals surface area contributed by atoms with Gasteiger partial charge in [0.15, 0.2) is 5.82 Å². The van der Waals surface area contributed by atoms with Crippen molar-refractivity contribution in [3.05, 3.63) is 87.7 Å². The second-order valence-corrected chi connectivity index (χ2v) is 16.8. The number of aromatic nitrogens is 2. The Kier molecular flexibility index (Phi) is 13.6. The van der Waals surface area contributed by atoms with Crippen LogP contribution in [0.25, 0.3) is 10.9 Å². The van der Waals surface area contributed by atoms with Crippen molar-refractivity contribution in [3.8, 4) is 6.07 Å². The Morgan fingerprint density at radius 3 is 2.45 bits per heavy atom. The van der Waals surface area contributed by atoms with Gasteiger partial charge < -0.3 is 30.0 Å². The lowest BCUT2D eigenvalue weighted by Crippen LogP contribution is -2.48. The number of aromatic amines is 1. The highest BCUT2D eigenvalue weighted by molar-refractivity contribution is 7.98. The van der Waals surface area contributed by atoms with Gasteiger partial charge in [-0.25, -0.2) is 22.5 Å². The Labute approximate surface area is 351 Å². The summed E-state index contributed by atoms with van der Waals surface area (Å²) >= 11 is 1.24. The lowest BCUT2D eigenvalue weighted by Gasteiger charge is -2.44. The summed E-state index contributed by atoms with van der Waals surface area (Å²) in [6.45, 7) is 5.89. The van der Waals surface area contributed by atoms with Gasteiger partial charge in [0, 0.05) is 56.5 Å². The third kappa shape index (κ3) is 9.73. The van der Waals surface area contributed by atoms with E-state index >= 15 is 0 Å². The van der Waals surface area contributed by atoms with E-state index in [1.807, 2.05) is 36.5 Å². The first-order valence-corrected chi connectivity index (χ1v) is 21.3. The first kappa shape index (κ1) is 43.0. The van der Waals surface area contributed by atoms with Gasteiger partial charge in [0.2, 0.25) is 11.8 Å². The number of benzene rings is 3. The van der Waals surface area contributed by atoms with E-state index in [0.717, 1.165) is 70.3 Å². The van der Waals surface area contributed by atoms with Crippen molar-refractivity contribution in [1.82, 2.24) is 24.5 Å². The summed E-state index contributed by atoms with van der Waals surface area (Å²) < 4.78 is 55.1. The molecule has 3 aromatic carbocycles. The summed E-state index contributed by atoms with van der Waals surface area (Å²) in [5.74, 6) is -2.15. The third-order valence-electron chi connectivity index (χ3n) is 12.2. The zero-order valence-corrected chi connectivity index (χ0v) is 34.5. The maximum atomic E-state index is 15.0. The highest BCUT2D eigenvalue weighted by Crippen LogP contribution is 2.41. The number of ether oxygens (including phenoxy) is 1. The summed E-state index contributed by atoms with van der Waals surface area (Å²) in [4.78, 5) is 44.0. The van der Waals surface area contributed by atoms with Crippen LogP contribution >= 0.6 is 12.1 Å². The second-order valence-electron chi connectivity index (χ2n) is 15.8. The number of anilines is 4. The van der Waals surface area contributed by atoms with Crippen molar-refractivity contribution >= 4 is 57.6 Å². The topological polar surface area (TPSA) is 168 Å². The number of nitrogens with one attached hydrogen (secondary N) is 5. The molecule has 1 saturated carbocycles. The molecule has 4 aliphatic rings. The number of halogens is 3. The van der Waals surface area contributed by atoms with Crippen LogP contribution in [0.3, 0.4) is 0 Å². The molecule has 1 atom stereocenters. The fourth-order valence-corrected chi connectivity index (χ4v) is 9.18. The van der Waals surface area contributed by atoms with Crippen LogP contribution in [0.15, 0.2) is 53.6 Å². The molecule has 4 heterocycles. The zero-order valence-electron chi connectivity index (χ0n) is 33.7. The highest BCUT2D eigenvalue weighted by Gasteiger charge is 2.40. The van der Waals surface area contributed by atoms with Gasteiger partial charge in [0.05, 0.1) is 34.5 Å². The largest absolute Gasteiger partial charge is 0.375 e. The predicted molar refractivity (Wildman–Crippen MR) is 226 cm³/mol. The van der Waals surface area contributed by atoms with E-state index < -0.39 is 23.2 Å². The van der Waals surface area contributed by atoms with Crippen LogP contribution in [0.4, 0.5) is 35.9 Å². The number of amides is 2. The highest BCUT2D eigenvalue weighted by atomic mass is 32.2. The summed E-state index contributed by atoms with van der Waals surface area (Å²) in [6, 6.07) is 12.7. The van der Waals surface area contributed by atoms with E-state index in [1.54, 1.807) is 0 Å². The molecule has 13 nitrogen and oxygen atoms in total. The Hall–Kier alpha value is -5.15. The number of rotatable bonds is 10. The molecule has 4 fully saturated rings. The van der Waals surface area contributed by atoms with Crippen LogP contribution < -0.4 is 26.2 Å². The molecule has 1 aliphatic carbocycles.